The lowest BCUT2D eigenvalue weighted by molar-refractivity contribution is 0.0436. The third kappa shape index (κ3) is 5.28. The molecule has 1 aliphatic rings. The van der Waals surface area contributed by atoms with Crippen LogP contribution in [0.25, 0.3) is 0 Å². The summed E-state index contributed by atoms with van der Waals surface area (Å²) in [5.41, 5.74) is 0. The molecule has 1 saturated heterocycles. The monoisotopic (exact) mass is 311 g/mol. The van der Waals surface area contributed by atoms with Gasteiger partial charge in [-0.2, -0.15) is 0 Å². The van der Waals surface area contributed by atoms with E-state index in [4.69, 9.17) is 4.74 Å². The first-order chi connectivity index (χ1) is 10.0. The van der Waals surface area contributed by atoms with Gasteiger partial charge in [-0.1, -0.05) is 13.8 Å². The number of nitrogens with one attached hydrogen (secondary N) is 1. The van der Waals surface area contributed by atoms with Crippen molar-refractivity contribution in [2.45, 2.75) is 39.7 Å². The van der Waals surface area contributed by atoms with E-state index in [-0.39, 0.29) is 12.1 Å². The molecular weight excluding hydrogens is 286 g/mol. The number of likely N-dealkylation sites (tertiary alicyclic amines) is 1. The quantitative estimate of drug-likeness (QED) is 0.878. The minimum absolute atomic E-state index is 0.0129. The number of nitrogens with zero attached hydrogens (tertiary/aromatic N) is 2. The minimum Gasteiger partial charge on any atom is -0.376 e. The van der Waals surface area contributed by atoms with E-state index < -0.39 is 0 Å². The van der Waals surface area contributed by atoms with Gasteiger partial charge in [0, 0.05) is 43.7 Å². The highest BCUT2D eigenvalue weighted by Crippen LogP contribution is 2.14. The second kappa shape index (κ2) is 7.75. The van der Waals surface area contributed by atoms with E-state index in [1.165, 1.54) is 4.88 Å². The predicted octanol–water partition coefficient (Wildman–Crippen LogP) is 2.45. The Morgan fingerprint density at radius 2 is 2.43 bits per heavy atom. The van der Waals surface area contributed by atoms with Crippen LogP contribution >= 0.6 is 11.3 Å². The van der Waals surface area contributed by atoms with Gasteiger partial charge in [-0.05, 0) is 19.3 Å². The number of urea groups is 1. The number of amides is 2. The lowest BCUT2D eigenvalue weighted by Gasteiger charge is -2.18. The van der Waals surface area contributed by atoms with Crippen LogP contribution in [0.3, 0.4) is 0 Å². The molecular formula is C15H25N3O2S. The third-order valence-electron chi connectivity index (χ3n) is 3.38. The van der Waals surface area contributed by atoms with Crippen LogP contribution in [0.4, 0.5) is 4.79 Å². The van der Waals surface area contributed by atoms with Crippen LogP contribution in [0.1, 0.15) is 30.2 Å². The topological polar surface area (TPSA) is 54.5 Å². The van der Waals surface area contributed by atoms with Crippen LogP contribution in [0.2, 0.25) is 0 Å². The smallest absolute Gasteiger partial charge is 0.317 e. The van der Waals surface area contributed by atoms with Gasteiger partial charge in [-0.3, -0.25) is 0 Å². The molecule has 1 aromatic rings. The first kappa shape index (κ1) is 16.2. The molecule has 1 aromatic heterocycles. The highest BCUT2D eigenvalue weighted by Gasteiger charge is 2.26. The molecule has 1 N–H and O–H groups in total. The molecule has 1 aliphatic heterocycles. The standard InChI is InChI=1S/C15H25N3O2S/c1-11(2)10-20-13-5-7-18(9-13)15(19)16-6-4-14-17-8-12(3)21-14/h8,11,13H,4-7,9-10H2,1-3H3,(H,16,19)/t13-/m1/s1. The van der Waals surface area contributed by atoms with E-state index in [0.717, 1.165) is 31.0 Å². The van der Waals surface area contributed by atoms with Crippen molar-refractivity contribution >= 4 is 17.4 Å². The van der Waals surface area contributed by atoms with Gasteiger partial charge in [0.1, 0.15) is 0 Å². The van der Waals surface area contributed by atoms with Crippen LogP contribution in [0.15, 0.2) is 6.20 Å². The summed E-state index contributed by atoms with van der Waals surface area (Å²) in [4.78, 5) is 19.4. The van der Waals surface area contributed by atoms with Crippen molar-refractivity contribution in [2.24, 2.45) is 5.92 Å². The molecule has 0 aromatic carbocycles. The zero-order valence-electron chi connectivity index (χ0n) is 13.1. The van der Waals surface area contributed by atoms with Crippen LogP contribution < -0.4 is 5.32 Å². The molecule has 6 heteroatoms. The van der Waals surface area contributed by atoms with Gasteiger partial charge in [0.15, 0.2) is 0 Å². The Balaban J connectivity index is 1.65. The normalized spacial score (nSPS) is 18.5. The first-order valence-corrected chi connectivity index (χ1v) is 8.42. The third-order valence-corrected chi connectivity index (χ3v) is 4.35. The average Bonchev–Trinajstić information content (AvgIpc) is 3.05. The van der Waals surface area contributed by atoms with Crippen molar-refractivity contribution < 1.29 is 9.53 Å². The van der Waals surface area contributed by atoms with Crippen molar-refractivity contribution in [1.82, 2.24) is 15.2 Å². The Bertz CT molecular complexity index is 462. The number of carbonyl (C=O) groups is 1. The summed E-state index contributed by atoms with van der Waals surface area (Å²) in [7, 11) is 0. The summed E-state index contributed by atoms with van der Waals surface area (Å²) in [6.07, 6.45) is 3.80. The summed E-state index contributed by atoms with van der Waals surface area (Å²) in [6, 6.07) is 0.0129. The molecule has 5 nitrogen and oxygen atoms in total. The number of aromatic nitrogens is 1. The molecule has 2 rings (SSSR count). The lowest BCUT2D eigenvalue weighted by Crippen LogP contribution is -2.40. The highest BCUT2D eigenvalue weighted by molar-refractivity contribution is 7.11. The molecule has 1 atom stereocenters. The molecule has 21 heavy (non-hydrogen) atoms. The van der Waals surface area contributed by atoms with Crippen molar-refractivity contribution in [3.63, 3.8) is 0 Å². The fraction of sp³-hybridized carbons (Fsp3) is 0.733. The first-order valence-electron chi connectivity index (χ1n) is 7.60. The van der Waals surface area contributed by atoms with Crippen LogP contribution in [0.5, 0.6) is 0 Å². The van der Waals surface area contributed by atoms with E-state index >= 15 is 0 Å². The van der Waals surface area contributed by atoms with Gasteiger partial charge >= 0.3 is 6.03 Å². The van der Waals surface area contributed by atoms with E-state index in [9.17, 15) is 4.79 Å². The van der Waals surface area contributed by atoms with Crippen LogP contribution in [-0.2, 0) is 11.2 Å². The number of thiazole rings is 1. The summed E-state index contributed by atoms with van der Waals surface area (Å²) >= 11 is 1.69. The number of hydrogen-bond acceptors (Lipinski definition) is 4. The van der Waals surface area contributed by atoms with Gasteiger partial charge < -0.3 is 15.0 Å². The fourth-order valence-corrected chi connectivity index (χ4v) is 3.07. The SMILES string of the molecule is Cc1cnc(CCNC(=O)N2CC[C@@H](OCC(C)C)C2)s1. The van der Waals surface area contributed by atoms with Crippen LogP contribution in [-0.4, -0.2) is 48.3 Å². The lowest BCUT2D eigenvalue weighted by atomic mass is 10.2. The molecule has 2 heterocycles. The zero-order chi connectivity index (χ0) is 15.2. The van der Waals surface area contributed by atoms with E-state index in [1.807, 2.05) is 18.0 Å². The Morgan fingerprint density at radius 1 is 1.62 bits per heavy atom. The van der Waals surface area contributed by atoms with Gasteiger partial charge in [0.05, 0.1) is 11.1 Å². The Labute approximate surface area is 130 Å². The van der Waals surface area contributed by atoms with Crippen molar-refractivity contribution in [2.75, 3.05) is 26.2 Å². The summed E-state index contributed by atoms with van der Waals surface area (Å²) < 4.78 is 5.79. The number of ether oxygens (including phenoxy) is 1. The van der Waals surface area contributed by atoms with Crippen LogP contribution in [0, 0.1) is 12.8 Å². The number of hydrogen-bond donors (Lipinski definition) is 1. The van der Waals surface area contributed by atoms with E-state index in [0.29, 0.717) is 19.0 Å². The molecule has 1 fully saturated rings. The van der Waals surface area contributed by atoms with Gasteiger partial charge in [-0.15, -0.1) is 11.3 Å². The van der Waals surface area contributed by atoms with Gasteiger partial charge in [0.25, 0.3) is 0 Å². The largest absolute Gasteiger partial charge is 0.376 e. The van der Waals surface area contributed by atoms with Gasteiger partial charge in [-0.25, -0.2) is 9.78 Å². The molecule has 0 bridgehead atoms. The maximum Gasteiger partial charge on any atom is 0.317 e. The van der Waals surface area contributed by atoms with Crippen molar-refractivity contribution in [3.05, 3.63) is 16.1 Å². The number of carbonyl (C=O) groups excluding carboxylic acids is 1. The summed E-state index contributed by atoms with van der Waals surface area (Å²) in [5.74, 6) is 0.537. The maximum atomic E-state index is 12.1. The summed E-state index contributed by atoms with van der Waals surface area (Å²) in [6.45, 7) is 9.21. The highest BCUT2D eigenvalue weighted by atomic mass is 32.1. The molecule has 0 unspecified atom stereocenters. The molecule has 0 aliphatic carbocycles. The number of rotatable bonds is 6. The zero-order valence-corrected chi connectivity index (χ0v) is 13.9. The molecule has 118 valence electrons. The number of aryl methyl sites for hydroxylation is 1. The Hall–Kier alpha value is -1.14. The van der Waals surface area contributed by atoms with Gasteiger partial charge in [0.2, 0.25) is 0 Å². The molecule has 2 amide bonds. The second-order valence-electron chi connectivity index (χ2n) is 5.93. The van der Waals surface area contributed by atoms with E-state index in [2.05, 4.69) is 24.1 Å². The second-order valence-corrected chi connectivity index (χ2v) is 7.25. The summed E-state index contributed by atoms with van der Waals surface area (Å²) in [5, 5.41) is 4.04. The maximum absolute atomic E-state index is 12.1. The predicted molar refractivity (Wildman–Crippen MR) is 84.7 cm³/mol. The Morgan fingerprint density at radius 3 is 3.10 bits per heavy atom. The van der Waals surface area contributed by atoms with Crippen molar-refractivity contribution in [3.8, 4) is 0 Å². The minimum atomic E-state index is 0.0129. The average molecular weight is 311 g/mol. The Kier molecular flexibility index (Phi) is 5.99. The fourth-order valence-electron chi connectivity index (χ4n) is 2.28. The molecule has 0 spiro atoms. The van der Waals surface area contributed by atoms with E-state index in [1.54, 1.807) is 11.3 Å². The molecule has 0 radical (unpaired) electrons. The molecule has 0 saturated carbocycles. The van der Waals surface area contributed by atoms with Crippen molar-refractivity contribution in [1.29, 1.82) is 0 Å².